The molecular formula is C29H41N5O. The Labute approximate surface area is 210 Å². The van der Waals surface area contributed by atoms with Crippen molar-refractivity contribution >= 4 is 17.0 Å². The van der Waals surface area contributed by atoms with Crippen LogP contribution in [0.2, 0.25) is 0 Å². The molecule has 0 saturated heterocycles. The molecule has 1 aliphatic heterocycles. The summed E-state index contributed by atoms with van der Waals surface area (Å²) in [7, 11) is 4.28. The van der Waals surface area contributed by atoms with Gasteiger partial charge in [0.2, 0.25) is 5.95 Å². The summed E-state index contributed by atoms with van der Waals surface area (Å²) in [5.41, 5.74) is 3.69. The standard InChI is InChI=1S/C29H41N5O/c1-33(2)20-24-19-31-29-32-27-14-13-26(18-28(27)34(29)21-24)35-16-6-15-30-25-11-9-23(10-12-25)17-22-7-4-3-5-8-22/h3-5,7-8,13-14,18,23-25,30H,6,9-12,15-17,19-21H2,1-2H3,(H,31,32). The predicted octanol–water partition coefficient (Wildman–Crippen LogP) is 4.80. The van der Waals surface area contributed by atoms with Crippen molar-refractivity contribution in [2.75, 3.05) is 45.7 Å². The third kappa shape index (κ3) is 6.36. The molecule has 3 aromatic rings. The Balaban J connectivity index is 1.04. The second kappa shape index (κ2) is 11.4. The lowest BCUT2D eigenvalue weighted by Gasteiger charge is -2.29. The van der Waals surface area contributed by atoms with Crippen molar-refractivity contribution in [2.45, 2.75) is 51.1 Å². The fourth-order valence-electron chi connectivity index (χ4n) is 5.80. The van der Waals surface area contributed by atoms with Crippen LogP contribution in [0, 0.1) is 11.8 Å². The summed E-state index contributed by atoms with van der Waals surface area (Å²) in [6.07, 6.45) is 7.53. The zero-order valence-corrected chi connectivity index (χ0v) is 21.4. The number of aromatic nitrogens is 2. The van der Waals surface area contributed by atoms with Gasteiger partial charge in [-0.05, 0) is 82.8 Å². The van der Waals surface area contributed by atoms with E-state index in [1.807, 2.05) is 0 Å². The summed E-state index contributed by atoms with van der Waals surface area (Å²) in [4.78, 5) is 7.03. The van der Waals surface area contributed by atoms with Crippen LogP contribution in [0.15, 0.2) is 48.5 Å². The monoisotopic (exact) mass is 475 g/mol. The Morgan fingerprint density at radius 3 is 2.69 bits per heavy atom. The fourth-order valence-corrected chi connectivity index (χ4v) is 5.80. The van der Waals surface area contributed by atoms with E-state index in [0.717, 1.165) is 62.3 Å². The summed E-state index contributed by atoms with van der Waals surface area (Å²) < 4.78 is 8.44. The second-order valence-electron chi connectivity index (χ2n) is 10.8. The van der Waals surface area contributed by atoms with Gasteiger partial charge in [0, 0.05) is 37.7 Å². The lowest BCUT2D eigenvalue weighted by Crippen LogP contribution is -2.34. The van der Waals surface area contributed by atoms with Crippen LogP contribution in [-0.2, 0) is 13.0 Å². The highest BCUT2D eigenvalue weighted by molar-refractivity contribution is 5.80. The number of hydrogen-bond acceptors (Lipinski definition) is 5. The van der Waals surface area contributed by atoms with Crippen molar-refractivity contribution in [3.8, 4) is 5.75 Å². The van der Waals surface area contributed by atoms with Crippen molar-refractivity contribution < 1.29 is 4.74 Å². The summed E-state index contributed by atoms with van der Waals surface area (Å²) in [6.45, 7) is 4.81. The predicted molar refractivity (Wildman–Crippen MR) is 144 cm³/mol. The van der Waals surface area contributed by atoms with Crippen LogP contribution < -0.4 is 15.4 Å². The van der Waals surface area contributed by atoms with Gasteiger partial charge in [-0.15, -0.1) is 0 Å². The van der Waals surface area contributed by atoms with Crippen LogP contribution in [0.25, 0.3) is 11.0 Å². The van der Waals surface area contributed by atoms with Crippen molar-refractivity contribution in [1.29, 1.82) is 0 Å². The molecule has 1 aromatic heterocycles. The first kappa shape index (κ1) is 24.1. The number of benzene rings is 2. The molecule has 1 atom stereocenters. The first-order valence-electron chi connectivity index (χ1n) is 13.4. The zero-order chi connectivity index (χ0) is 24.0. The highest BCUT2D eigenvalue weighted by Crippen LogP contribution is 2.29. The van der Waals surface area contributed by atoms with E-state index in [1.165, 1.54) is 43.2 Å². The molecule has 2 aromatic carbocycles. The zero-order valence-electron chi connectivity index (χ0n) is 21.4. The molecule has 6 heteroatoms. The molecule has 2 heterocycles. The molecule has 2 N–H and O–H groups in total. The molecule has 2 aliphatic rings. The van der Waals surface area contributed by atoms with E-state index in [9.17, 15) is 0 Å². The van der Waals surface area contributed by atoms with Gasteiger partial charge in [-0.3, -0.25) is 0 Å². The molecule has 0 spiro atoms. The summed E-state index contributed by atoms with van der Waals surface area (Å²) in [6, 6.07) is 17.9. The minimum Gasteiger partial charge on any atom is -0.493 e. The van der Waals surface area contributed by atoms with E-state index in [2.05, 4.69) is 82.7 Å². The quantitative estimate of drug-likeness (QED) is 0.413. The van der Waals surface area contributed by atoms with Gasteiger partial charge in [-0.25, -0.2) is 4.98 Å². The molecule has 0 bridgehead atoms. The van der Waals surface area contributed by atoms with Crippen LogP contribution >= 0.6 is 0 Å². The topological polar surface area (TPSA) is 54.4 Å². The number of hydrogen-bond donors (Lipinski definition) is 2. The molecule has 1 saturated carbocycles. The second-order valence-corrected chi connectivity index (χ2v) is 10.8. The lowest BCUT2D eigenvalue weighted by molar-refractivity contribution is 0.273. The van der Waals surface area contributed by atoms with Crippen LogP contribution in [0.5, 0.6) is 5.75 Å². The largest absolute Gasteiger partial charge is 0.493 e. The smallest absolute Gasteiger partial charge is 0.203 e. The first-order chi connectivity index (χ1) is 17.1. The average molecular weight is 476 g/mol. The highest BCUT2D eigenvalue weighted by atomic mass is 16.5. The molecule has 6 nitrogen and oxygen atoms in total. The van der Waals surface area contributed by atoms with Gasteiger partial charge < -0.3 is 24.8 Å². The van der Waals surface area contributed by atoms with Crippen molar-refractivity contribution in [2.24, 2.45) is 11.8 Å². The third-order valence-electron chi connectivity index (χ3n) is 7.57. The van der Waals surface area contributed by atoms with Gasteiger partial charge in [-0.2, -0.15) is 0 Å². The van der Waals surface area contributed by atoms with Crippen molar-refractivity contribution in [1.82, 2.24) is 19.8 Å². The van der Waals surface area contributed by atoms with Gasteiger partial charge in [-0.1, -0.05) is 30.3 Å². The summed E-state index contributed by atoms with van der Waals surface area (Å²) in [5.74, 6) is 3.35. The number of ether oxygens (including phenoxy) is 1. The molecule has 0 amide bonds. The van der Waals surface area contributed by atoms with Gasteiger partial charge >= 0.3 is 0 Å². The number of imidazole rings is 1. The van der Waals surface area contributed by atoms with Gasteiger partial charge in [0.15, 0.2) is 0 Å². The van der Waals surface area contributed by atoms with Crippen LogP contribution in [0.1, 0.15) is 37.7 Å². The SMILES string of the molecule is CN(C)CC1CNc2nc3ccc(OCCCNC4CCC(Cc5ccccc5)CC4)cc3n2C1. The molecule has 35 heavy (non-hydrogen) atoms. The van der Waals surface area contributed by atoms with E-state index in [-0.39, 0.29) is 0 Å². The molecule has 188 valence electrons. The fraction of sp³-hybridized carbons (Fsp3) is 0.552. The van der Waals surface area contributed by atoms with Crippen LogP contribution in [-0.4, -0.2) is 60.8 Å². The number of anilines is 1. The van der Waals surface area contributed by atoms with E-state index in [4.69, 9.17) is 9.72 Å². The number of fused-ring (bicyclic) bond motifs is 3. The lowest BCUT2D eigenvalue weighted by atomic mass is 9.82. The van der Waals surface area contributed by atoms with E-state index in [0.29, 0.717) is 12.0 Å². The Hall–Kier alpha value is -2.57. The molecule has 1 aliphatic carbocycles. The van der Waals surface area contributed by atoms with Gasteiger partial charge in [0.05, 0.1) is 17.6 Å². The van der Waals surface area contributed by atoms with Gasteiger partial charge in [0.1, 0.15) is 5.75 Å². The van der Waals surface area contributed by atoms with Crippen molar-refractivity contribution in [3.05, 3.63) is 54.1 Å². The average Bonchev–Trinajstić information content (AvgIpc) is 3.22. The number of nitrogens with one attached hydrogen (secondary N) is 2. The first-order valence-corrected chi connectivity index (χ1v) is 13.4. The minimum atomic E-state index is 0.582. The van der Waals surface area contributed by atoms with E-state index in [1.54, 1.807) is 0 Å². The van der Waals surface area contributed by atoms with E-state index >= 15 is 0 Å². The molecule has 5 rings (SSSR count). The van der Waals surface area contributed by atoms with Crippen molar-refractivity contribution in [3.63, 3.8) is 0 Å². The minimum absolute atomic E-state index is 0.582. The van der Waals surface area contributed by atoms with Crippen LogP contribution in [0.3, 0.4) is 0 Å². The third-order valence-corrected chi connectivity index (χ3v) is 7.57. The van der Waals surface area contributed by atoms with Crippen LogP contribution in [0.4, 0.5) is 5.95 Å². The Morgan fingerprint density at radius 2 is 1.89 bits per heavy atom. The maximum Gasteiger partial charge on any atom is 0.203 e. The van der Waals surface area contributed by atoms with E-state index < -0.39 is 0 Å². The summed E-state index contributed by atoms with van der Waals surface area (Å²) in [5, 5.41) is 7.28. The Bertz CT molecular complexity index is 1070. The number of rotatable bonds is 10. The number of nitrogens with zero attached hydrogens (tertiary/aromatic N) is 3. The summed E-state index contributed by atoms with van der Waals surface area (Å²) >= 11 is 0. The maximum absolute atomic E-state index is 6.13. The molecule has 0 radical (unpaired) electrons. The van der Waals surface area contributed by atoms with Gasteiger partial charge in [0.25, 0.3) is 0 Å². The normalized spacial score (nSPS) is 22.2. The highest BCUT2D eigenvalue weighted by Gasteiger charge is 2.23. The maximum atomic E-state index is 6.13. The Morgan fingerprint density at radius 1 is 1.06 bits per heavy atom. The molecule has 1 fully saturated rings. The molecule has 1 unspecified atom stereocenters. The Kier molecular flexibility index (Phi) is 7.89. The molecular weight excluding hydrogens is 434 g/mol.